The molecule has 1 N–H and O–H groups in total. The molecule has 0 radical (unpaired) electrons. The number of thiazole rings is 1. The normalized spacial score (nSPS) is 16.4. The topological polar surface area (TPSA) is 149 Å². The Bertz CT molecular complexity index is 1460. The summed E-state index contributed by atoms with van der Waals surface area (Å²) in [5.74, 6) is -2.40. The lowest BCUT2D eigenvalue weighted by molar-refractivity contribution is -0.384. The Kier molecular flexibility index (Phi) is 8.05. The number of aryl methyl sites for hydroxylation is 1. The van der Waals surface area contributed by atoms with Crippen LogP contribution in [0.4, 0.5) is 10.8 Å². The zero-order valence-corrected chi connectivity index (χ0v) is 22.2. The van der Waals surface area contributed by atoms with Gasteiger partial charge in [-0.1, -0.05) is 18.3 Å². The lowest BCUT2D eigenvalue weighted by Gasteiger charge is -2.23. The second-order valence-electron chi connectivity index (χ2n) is 8.52. The second-order valence-corrected chi connectivity index (χ2v) is 9.50. The molecule has 1 saturated heterocycles. The number of ether oxygens (including phenoxy) is 2. The van der Waals surface area contributed by atoms with Crippen LogP contribution in [0.1, 0.15) is 52.8 Å². The smallest absolute Gasteiger partial charge is 0.350 e. The number of nitrogens with zero attached hydrogens (tertiary/aromatic N) is 3. The number of ketones is 1. The van der Waals surface area contributed by atoms with Gasteiger partial charge in [-0.05, 0) is 62.2 Å². The highest BCUT2D eigenvalue weighted by Gasteiger charge is 2.48. The number of anilines is 1. The van der Waals surface area contributed by atoms with Gasteiger partial charge in [-0.2, -0.15) is 0 Å². The minimum Gasteiger partial charge on any atom is -0.507 e. The van der Waals surface area contributed by atoms with E-state index in [0.717, 1.165) is 22.7 Å². The average molecular weight is 552 g/mol. The van der Waals surface area contributed by atoms with Crippen LogP contribution in [0, 0.1) is 17.0 Å². The molecular weight excluding hydrogens is 526 g/mol. The van der Waals surface area contributed by atoms with Crippen LogP contribution in [0.15, 0.2) is 54.1 Å². The molecule has 12 heteroatoms. The summed E-state index contributed by atoms with van der Waals surface area (Å²) in [6, 6.07) is 10.5. The van der Waals surface area contributed by atoms with Gasteiger partial charge >= 0.3 is 11.9 Å². The first-order valence-corrected chi connectivity index (χ1v) is 12.9. The predicted octanol–water partition coefficient (Wildman–Crippen LogP) is 4.95. The summed E-state index contributed by atoms with van der Waals surface area (Å²) in [5, 5.41) is 22.5. The van der Waals surface area contributed by atoms with E-state index in [-0.39, 0.29) is 33.4 Å². The van der Waals surface area contributed by atoms with Crippen molar-refractivity contribution in [2.45, 2.75) is 33.2 Å². The number of hydrogen-bond acceptors (Lipinski definition) is 10. The van der Waals surface area contributed by atoms with Gasteiger partial charge in [0.1, 0.15) is 16.4 Å². The maximum absolute atomic E-state index is 13.4. The van der Waals surface area contributed by atoms with E-state index in [9.17, 15) is 29.6 Å². The number of nitro groups is 1. The zero-order chi connectivity index (χ0) is 28.3. The Morgan fingerprint density at radius 2 is 1.79 bits per heavy atom. The maximum Gasteiger partial charge on any atom is 0.350 e. The number of Topliss-reactive ketones (excluding diaryl/α,β-unsaturated/α-hetero) is 1. The van der Waals surface area contributed by atoms with Crippen molar-refractivity contribution in [2.75, 3.05) is 18.1 Å². The van der Waals surface area contributed by atoms with Crippen LogP contribution in [-0.2, 0) is 14.3 Å². The van der Waals surface area contributed by atoms with Gasteiger partial charge in [0.05, 0.1) is 35.4 Å². The van der Waals surface area contributed by atoms with E-state index in [0.29, 0.717) is 23.6 Å². The molecule has 1 atom stereocenters. The summed E-state index contributed by atoms with van der Waals surface area (Å²) in [5.41, 5.74) is 0.497. The first-order valence-electron chi connectivity index (χ1n) is 12.1. The van der Waals surface area contributed by atoms with Gasteiger partial charge in [-0.15, -0.1) is 0 Å². The average Bonchev–Trinajstić information content (AvgIpc) is 3.44. The van der Waals surface area contributed by atoms with Crippen LogP contribution in [0.25, 0.3) is 5.76 Å². The number of rotatable bonds is 9. The number of carbonyl (C=O) groups is 3. The minimum absolute atomic E-state index is 0.0448. The van der Waals surface area contributed by atoms with E-state index in [1.54, 1.807) is 38.1 Å². The maximum atomic E-state index is 13.4. The van der Waals surface area contributed by atoms with Gasteiger partial charge in [0.15, 0.2) is 5.13 Å². The van der Waals surface area contributed by atoms with Gasteiger partial charge in [-0.3, -0.25) is 24.6 Å². The minimum atomic E-state index is -1.16. The highest BCUT2D eigenvalue weighted by Crippen LogP contribution is 2.44. The Morgan fingerprint density at radius 3 is 2.38 bits per heavy atom. The number of benzene rings is 2. The predicted molar refractivity (Wildman–Crippen MR) is 143 cm³/mol. The van der Waals surface area contributed by atoms with E-state index in [2.05, 4.69) is 4.98 Å². The van der Waals surface area contributed by atoms with Crippen molar-refractivity contribution in [3.05, 3.63) is 85.9 Å². The Labute approximate surface area is 227 Å². The molecule has 1 fully saturated rings. The number of hydrogen-bond donors (Lipinski definition) is 1. The third-order valence-electron chi connectivity index (χ3n) is 5.92. The molecule has 202 valence electrons. The number of carbonyl (C=O) groups excluding carboxylic acids is 3. The van der Waals surface area contributed by atoms with Gasteiger partial charge in [-0.25, -0.2) is 9.78 Å². The summed E-state index contributed by atoms with van der Waals surface area (Å²) in [7, 11) is 0. The zero-order valence-electron chi connectivity index (χ0n) is 21.4. The SMILES string of the molecule is CCCOc1ccc(/C(O)=C2\C(=O)C(=O)N(c3nc(C)c(C(=O)OCC)s3)C2c2ccc([N+](=O)[O-])cc2)cc1. The molecule has 1 aliphatic heterocycles. The number of amides is 1. The Hall–Kier alpha value is -4.58. The molecule has 0 aliphatic carbocycles. The fourth-order valence-corrected chi connectivity index (χ4v) is 5.07. The van der Waals surface area contributed by atoms with Crippen molar-refractivity contribution >= 4 is 45.6 Å². The molecule has 0 bridgehead atoms. The fraction of sp³-hybridized carbons (Fsp3) is 0.259. The third-order valence-corrected chi connectivity index (χ3v) is 7.05. The molecule has 2 heterocycles. The highest BCUT2D eigenvalue weighted by atomic mass is 32.1. The summed E-state index contributed by atoms with van der Waals surface area (Å²) in [4.78, 5) is 55.3. The molecule has 11 nitrogen and oxygen atoms in total. The molecule has 1 amide bonds. The number of non-ortho nitro benzene ring substituents is 1. The van der Waals surface area contributed by atoms with Crippen LogP contribution in [0.5, 0.6) is 5.75 Å². The molecule has 4 rings (SSSR count). The van der Waals surface area contributed by atoms with Crippen molar-refractivity contribution in [1.29, 1.82) is 0 Å². The summed E-state index contributed by atoms with van der Waals surface area (Å²) >= 11 is 0.874. The van der Waals surface area contributed by atoms with Crippen LogP contribution in [0.2, 0.25) is 0 Å². The quantitative estimate of drug-likeness (QED) is 0.0973. The van der Waals surface area contributed by atoms with Crippen molar-refractivity contribution in [3.63, 3.8) is 0 Å². The van der Waals surface area contributed by atoms with E-state index in [1.165, 1.54) is 24.3 Å². The number of aromatic nitrogens is 1. The second kappa shape index (κ2) is 11.4. The van der Waals surface area contributed by atoms with Gasteiger partial charge in [0.2, 0.25) is 0 Å². The monoisotopic (exact) mass is 551 g/mol. The Balaban J connectivity index is 1.85. The molecule has 0 saturated carbocycles. The van der Waals surface area contributed by atoms with Gasteiger partial charge in [0, 0.05) is 17.7 Å². The number of nitro benzene ring substituents is 1. The molecule has 1 aromatic heterocycles. The lowest BCUT2D eigenvalue weighted by atomic mass is 9.95. The summed E-state index contributed by atoms with van der Waals surface area (Å²) in [6.07, 6.45) is 0.814. The highest BCUT2D eigenvalue weighted by molar-refractivity contribution is 7.17. The van der Waals surface area contributed by atoms with Crippen molar-refractivity contribution < 1.29 is 33.9 Å². The van der Waals surface area contributed by atoms with Crippen LogP contribution in [-0.4, -0.2) is 45.9 Å². The van der Waals surface area contributed by atoms with Crippen molar-refractivity contribution in [1.82, 2.24) is 4.98 Å². The number of aliphatic hydroxyl groups excluding tert-OH is 1. The molecule has 39 heavy (non-hydrogen) atoms. The first kappa shape index (κ1) is 27.5. The lowest BCUT2D eigenvalue weighted by Crippen LogP contribution is -2.29. The van der Waals surface area contributed by atoms with Crippen LogP contribution < -0.4 is 9.64 Å². The van der Waals surface area contributed by atoms with Crippen LogP contribution in [0.3, 0.4) is 0 Å². The van der Waals surface area contributed by atoms with E-state index >= 15 is 0 Å². The largest absolute Gasteiger partial charge is 0.507 e. The molecule has 1 aliphatic rings. The third kappa shape index (κ3) is 5.36. The molecule has 2 aromatic carbocycles. The Morgan fingerprint density at radius 1 is 1.13 bits per heavy atom. The first-order chi connectivity index (χ1) is 18.7. The molecule has 0 spiro atoms. The summed E-state index contributed by atoms with van der Waals surface area (Å²) < 4.78 is 10.6. The van der Waals surface area contributed by atoms with E-state index in [4.69, 9.17) is 9.47 Å². The van der Waals surface area contributed by atoms with E-state index in [1.807, 2.05) is 6.92 Å². The standard InChI is InChI=1S/C27H25N3O8S/c1-4-14-38-19-12-8-17(9-13-19)22(31)20-21(16-6-10-18(11-7-16)30(35)36)29(25(33)23(20)32)27-28-15(3)24(39-27)26(34)37-5-2/h6-13,21,31H,4-5,14H2,1-3H3/b22-20+. The van der Waals surface area contributed by atoms with Gasteiger partial charge in [0.25, 0.3) is 11.5 Å². The van der Waals surface area contributed by atoms with E-state index < -0.39 is 34.4 Å². The number of aliphatic hydroxyl groups is 1. The molecule has 1 unspecified atom stereocenters. The molecule has 3 aromatic rings. The molecular formula is C27H25N3O8S. The van der Waals surface area contributed by atoms with Gasteiger partial charge < -0.3 is 14.6 Å². The number of esters is 1. The van der Waals surface area contributed by atoms with Crippen LogP contribution >= 0.6 is 11.3 Å². The summed E-state index contributed by atoms with van der Waals surface area (Å²) in [6.45, 7) is 5.85. The van der Waals surface area contributed by atoms with Crippen molar-refractivity contribution in [2.24, 2.45) is 0 Å². The van der Waals surface area contributed by atoms with Crippen molar-refractivity contribution in [3.8, 4) is 5.75 Å². The fourth-order valence-electron chi connectivity index (χ4n) is 4.08.